The third-order valence-electron chi connectivity index (χ3n) is 3.50. The Balaban J connectivity index is 1.59. The number of amides is 1. The fraction of sp³-hybridized carbons (Fsp3) is 0.167. The second-order valence-electron chi connectivity index (χ2n) is 5.34. The number of hydrogen-bond acceptors (Lipinski definition) is 3. The zero-order valence-electron chi connectivity index (χ0n) is 12.9. The Morgan fingerprint density at radius 1 is 1.29 bits per heavy atom. The number of carbonyl (C=O) groups is 1. The van der Waals surface area contributed by atoms with Crippen LogP contribution in [0.3, 0.4) is 0 Å². The van der Waals surface area contributed by atoms with Crippen molar-refractivity contribution in [3.8, 4) is 5.75 Å². The molecule has 1 N–H and O–H groups in total. The van der Waals surface area contributed by atoms with Gasteiger partial charge < -0.3 is 14.5 Å². The first-order valence-corrected chi connectivity index (χ1v) is 8.18. The van der Waals surface area contributed by atoms with E-state index in [4.69, 9.17) is 9.15 Å². The molecular weight excluding hydrogens is 377 g/mol. The van der Waals surface area contributed by atoms with Gasteiger partial charge in [-0.15, -0.1) is 0 Å². The molecule has 0 saturated carbocycles. The van der Waals surface area contributed by atoms with Gasteiger partial charge in [-0.2, -0.15) is 0 Å². The summed E-state index contributed by atoms with van der Waals surface area (Å²) in [6.07, 6.45) is 0. The molecule has 0 aliphatic rings. The predicted octanol–water partition coefficient (Wildman–Crippen LogP) is 4.59. The van der Waals surface area contributed by atoms with Gasteiger partial charge in [0, 0.05) is 9.86 Å². The second kappa shape index (κ2) is 7.05. The number of carbonyl (C=O) groups excluding carboxylic acids is 1. The number of hydrogen-bond donors (Lipinski definition) is 1. The molecule has 1 amide bonds. The van der Waals surface area contributed by atoms with E-state index in [9.17, 15) is 9.18 Å². The molecule has 1 unspecified atom stereocenters. The van der Waals surface area contributed by atoms with Gasteiger partial charge in [0.15, 0.2) is 18.2 Å². The lowest BCUT2D eigenvalue weighted by Crippen LogP contribution is -2.31. The van der Waals surface area contributed by atoms with E-state index in [0.29, 0.717) is 10.2 Å². The standard InChI is InChI=1S/C18H15BrFNO3/c1-11(17-8-12-4-2-3-5-15(12)24-17)21-18(22)10-23-16-7-6-13(19)9-14(16)20/h2-9,11H,10H2,1H3,(H,21,22). The fourth-order valence-corrected chi connectivity index (χ4v) is 2.64. The van der Waals surface area contributed by atoms with E-state index in [1.54, 1.807) is 6.07 Å². The number of halogens is 2. The van der Waals surface area contributed by atoms with Crippen molar-refractivity contribution in [3.63, 3.8) is 0 Å². The SMILES string of the molecule is CC(NC(=O)COc1ccc(Br)cc1F)c1cc2ccccc2o1. The van der Waals surface area contributed by atoms with Crippen LogP contribution in [-0.2, 0) is 4.79 Å². The average Bonchev–Trinajstić information content (AvgIpc) is 2.98. The molecule has 0 aliphatic heterocycles. The molecule has 2 aromatic carbocycles. The molecule has 0 radical (unpaired) electrons. The maximum atomic E-state index is 13.6. The summed E-state index contributed by atoms with van der Waals surface area (Å²) >= 11 is 3.16. The highest BCUT2D eigenvalue weighted by Gasteiger charge is 2.15. The molecule has 0 aliphatic carbocycles. The summed E-state index contributed by atoms with van der Waals surface area (Å²) < 4.78 is 25.2. The monoisotopic (exact) mass is 391 g/mol. The quantitative estimate of drug-likeness (QED) is 0.691. The van der Waals surface area contributed by atoms with E-state index >= 15 is 0 Å². The van der Waals surface area contributed by atoms with Gasteiger partial charge in [0.1, 0.15) is 11.3 Å². The molecule has 3 rings (SSSR count). The van der Waals surface area contributed by atoms with E-state index in [-0.39, 0.29) is 24.3 Å². The van der Waals surface area contributed by atoms with Crippen molar-refractivity contribution >= 4 is 32.8 Å². The van der Waals surface area contributed by atoms with Crippen LogP contribution in [0, 0.1) is 5.82 Å². The zero-order valence-corrected chi connectivity index (χ0v) is 14.5. The summed E-state index contributed by atoms with van der Waals surface area (Å²) in [6.45, 7) is 1.54. The van der Waals surface area contributed by atoms with Gasteiger partial charge in [-0.3, -0.25) is 4.79 Å². The van der Waals surface area contributed by atoms with E-state index in [0.717, 1.165) is 11.0 Å². The maximum absolute atomic E-state index is 13.6. The van der Waals surface area contributed by atoms with E-state index in [1.807, 2.05) is 37.3 Å². The van der Waals surface area contributed by atoms with Gasteiger partial charge in [-0.25, -0.2) is 4.39 Å². The minimum absolute atomic E-state index is 0.0322. The van der Waals surface area contributed by atoms with Gasteiger partial charge >= 0.3 is 0 Å². The van der Waals surface area contributed by atoms with Crippen LogP contribution in [-0.4, -0.2) is 12.5 Å². The van der Waals surface area contributed by atoms with Crippen LogP contribution < -0.4 is 10.1 Å². The first-order valence-electron chi connectivity index (χ1n) is 7.38. The van der Waals surface area contributed by atoms with Crippen LogP contribution in [0.25, 0.3) is 11.0 Å². The molecule has 4 nitrogen and oxygen atoms in total. The third kappa shape index (κ3) is 3.76. The number of benzene rings is 2. The molecule has 24 heavy (non-hydrogen) atoms. The van der Waals surface area contributed by atoms with E-state index in [1.165, 1.54) is 12.1 Å². The van der Waals surface area contributed by atoms with E-state index in [2.05, 4.69) is 21.2 Å². The Bertz CT molecular complexity index is 845. The van der Waals surface area contributed by atoms with Crippen LogP contribution in [0.2, 0.25) is 0 Å². The average molecular weight is 392 g/mol. The van der Waals surface area contributed by atoms with Crippen molar-refractivity contribution in [1.82, 2.24) is 5.32 Å². The van der Waals surface area contributed by atoms with Crippen LogP contribution in [0.1, 0.15) is 18.7 Å². The second-order valence-corrected chi connectivity index (χ2v) is 6.25. The van der Waals surface area contributed by atoms with Crippen molar-refractivity contribution in [2.24, 2.45) is 0 Å². The van der Waals surface area contributed by atoms with Gasteiger partial charge in [0.05, 0.1) is 6.04 Å². The lowest BCUT2D eigenvalue weighted by molar-refractivity contribution is -0.123. The number of fused-ring (bicyclic) bond motifs is 1. The maximum Gasteiger partial charge on any atom is 0.258 e. The summed E-state index contributed by atoms with van der Waals surface area (Å²) in [7, 11) is 0. The molecule has 3 aromatic rings. The molecule has 0 bridgehead atoms. The van der Waals surface area contributed by atoms with Crippen molar-refractivity contribution in [3.05, 3.63) is 64.6 Å². The van der Waals surface area contributed by atoms with E-state index < -0.39 is 5.82 Å². The third-order valence-corrected chi connectivity index (χ3v) is 3.99. The van der Waals surface area contributed by atoms with Crippen LogP contribution in [0.5, 0.6) is 5.75 Å². The number of ether oxygens (including phenoxy) is 1. The fourth-order valence-electron chi connectivity index (χ4n) is 2.31. The summed E-state index contributed by atoms with van der Waals surface area (Å²) in [5.41, 5.74) is 0.766. The molecule has 0 saturated heterocycles. The first kappa shape index (κ1) is 16.5. The van der Waals surface area contributed by atoms with Gasteiger partial charge in [0.2, 0.25) is 0 Å². The number of nitrogens with one attached hydrogen (secondary N) is 1. The molecule has 1 heterocycles. The van der Waals surface area contributed by atoms with Gasteiger partial charge in [0.25, 0.3) is 5.91 Å². The largest absolute Gasteiger partial charge is 0.481 e. The van der Waals surface area contributed by atoms with Crippen LogP contribution >= 0.6 is 15.9 Å². The smallest absolute Gasteiger partial charge is 0.258 e. The molecule has 124 valence electrons. The zero-order chi connectivity index (χ0) is 17.1. The highest BCUT2D eigenvalue weighted by Crippen LogP contribution is 2.24. The van der Waals surface area contributed by atoms with Crippen molar-refractivity contribution in [2.75, 3.05) is 6.61 Å². The Labute approximate surface area is 146 Å². The summed E-state index contributed by atoms with van der Waals surface area (Å²) in [4.78, 5) is 12.0. The minimum atomic E-state index is -0.525. The molecule has 1 aromatic heterocycles. The highest BCUT2D eigenvalue weighted by atomic mass is 79.9. The molecule has 6 heteroatoms. The van der Waals surface area contributed by atoms with Gasteiger partial charge in [-0.05, 0) is 37.3 Å². The number of furan rings is 1. The topological polar surface area (TPSA) is 51.5 Å². The molecule has 0 fully saturated rings. The molecular formula is C18H15BrFNO3. The summed E-state index contributed by atoms with van der Waals surface area (Å²) in [6, 6.07) is 13.6. The number of para-hydroxylation sites is 1. The van der Waals surface area contributed by atoms with Crippen LogP contribution in [0.4, 0.5) is 4.39 Å². The lowest BCUT2D eigenvalue weighted by Gasteiger charge is -2.12. The molecule has 0 spiro atoms. The Hall–Kier alpha value is -2.34. The summed E-state index contributed by atoms with van der Waals surface area (Å²) in [5, 5.41) is 3.74. The van der Waals surface area contributed by atoms with Gasteiger partial charge in [-0.1, -0.05) is 34.1 Å². The predicted molar refractivity (Wildman–Crippen MR) is 92.4 cm³/mol. The Morgan fingerprint density at radius 3 is 2.83 bits per heavy atom. The lowest BCUT2D eigenvalue weighted by atomic mass is 10.2. The van der Waals surface area contributed by atoms with Crippen LogP contribution in [0.15, 0.2) is 57.4 Å². The van der Waals surface area contributed by atoms with Crippen molar-refractivity contribution in [1.29, 1.82) is 0 Å². The minimum Gasteiger partial charge on any atom is -0.481 e. The summed E-state index contributed by atoms with van der Waals surface area (Å²) in [5.74, 6) is -0.197. The van der Waals surface area contributed by atoms with Crippen molar-refractivity contribution < 1.29 is 18.3 Å². The Kier molecular flexibility index (Phi) is 4.85. The normalized spacial score (nSPS) is 12.1. The highest BCUT2D eigenvalue weighted by molar-refractivity contribution is 9.10. The number of rotatable bonds is 5. The molecule has 1 atom stereocenters. The Morgan fingerprint density at radius 2 is 2.08 bits per heavy atom. The van der Waals surface area contributed by atoms with Crippen molar-refractivity contribution in [2.45, 2.75) is 13.0 Å². The first-order chi connectivity index (χ1) is 11.5.